The van der Waals surface area contributed by atoms with Crippen LogP contribution in [0, 0.1) is 5.92 Å². The molecule has 0 saturated carbocycles. The fraction of sp³-hybridized carbons (Fsp3) is 0.833. The summed E-state index contributed by atoms with van der Waals surface area (Å²) in [7, 11) is 0. The lowest BCUT2D eigenvalue weighted by molar-refractivity contribution is 0.105. The lowest BCUT2D eigenvalue weighted by Gasteiger charge is -2.07. The van der Waals surface area contributed by atoms with Gasteiger partial charge >= 0.3 is 6.16 Å². The first-order chi connectivity index (χ1) is 4.20. The Kier molecular flexibility index (Phi) is 1.60. The molecule has 0 bridgehead atoms. The van der Waals surface area contributed by atoms with Gasteiger partial charge < -0.3 is 9.47 Å². The van der Waals surface area contributed by atoms with E-state index in [2.05, 4.69) is 4.74 Å². The maximum Gasteiger partial charge on any atom is 0.508 e. The normalized spacial score (nSPS) is 26.1. The molecular weight excluding hydrogens is 120 g/mol. The van der Waals surface area contributed by atoms with E-state index in [1.165, 1.54) is 0 Å². The van der Waals surface area contributed by atoms with E-state index >= 15 is 0 Å². The van der Waals surface area contributed by atoms with Crippen LogP contribution in [-0.2, 0) is 9.47 Å². The third kappa shape index (κ3) is 1.34. The number of hydrogen-bond acceptors (Lipinski definition) is 3. The average molecular weight is 130 g/mol. The molecule has 3 nitrogen and oxygen atoms in total. The van der Waals surface area contributed by atoms with E-state index in [-0.39, 0.29) is 6.10 Å². The van der Waals surface area contributed by atoms with Crippen molar-refractivity contribution in [3.05, 3.63) is 0 Å². The molecular formula is C6H10O3. The van der Waals surface area contributed by atoms with Gasteiger partial charge in [-0.2, -0.15) is 0 Å². The van der Waals surface area contributed by atoms with Crippen LogP contribution in [0.15, 0.2) is 0 Å². The quantitative estimate of drug-likeness (QED) is 0.500. The molecule has 9 heavy (non-hydrogen) atoms. The van der Waals surface area contributed by atoms with E-state index < -0.39 is 6.16 Å². The Morgan fingerprint density at radius 3 is 2.56 bits per heavy atom. The predicted octanol–water partition coefficient (Wildman–Crippen LogP) is 1.18. The van der Waals surface area contributed by atoms with Gasteiger partial charge in [0.2, 0.25) is 0 Å². The molecule has 1 fully saturated rings. The van der Waals surface area contributed by atoms with Crippen LogP contribution < -0.4 is 0 Å². The lowest BCUT2D eigenvalue weighted by atomic mass is 10.1. The summed E-state index contributed by atoms with van der Waals surface area (Å²) in [5, 5.41) is 0. The standard InChI is InChI=1S/C6H10O3/c1-4(2)5-3-8-6(7)9-5/h4-5H,3H2,1-2H3/t5-/m0/s1. The summed E-state index contributed by atoms with van der Waals surface area (Å²) in [6, 6.07) is 0. The first kappa shape index (κ1) is 6.39. The van der Waals surface area contributed by atoms with Crippen molar-refractivity contribution in [3.8, 4) is 0 Å². The van der Waals surface area contributed by atoms with E-state index in [1.54, 1.807) is 0 Å². The summed E-state index contributed by atoms with van der Waals surface area (Å²) in [6.45, 7) is 4.40. The number of carbonyl (C=O) groups is 1. The van der Waals surface area contributed by atoms with E-state index in [0.29, 0.717) is 12.5 Å². The van der Waals surface area contributed by atoms with Gasteiger partial charge in [-0.15, -0.1) is 0 Å². The second-order valence-corrected chi connectivity index (χ2v) is 2.46. The highest BCUT2D eigenvalue weighted by Crippen LogP contribution is 2.13. The summed E-state index contributed by atoms with van der Waals surface area (Å²) >= 11 is 0. The molecule has 1 atom stereocenters. The fourth-order valence-corrected chi connectivity index (χ4v) is 0.670. The third-order valence-electron chi connectivity index (χ3n) is 1.36. The molecule has 0 N–H and O–H groups in total. The first-order valence-electron chi connectivity index (χ1n) is 3.03. The Bertz CT molecular complexity index is 119. The number of rotatable bonds is 1. The molecule has 1 heterocycles. The van der Waals surface area contributed by atoms with Crippen LogP contribution >= 0.6 is 0 Å². The van der Waals surface area contributed by atoms with Crippen molar-refractivity contribution in [2.45, 2.75) is 20.0 Å². The first-order valence-corrected chi connectivity index (χ1v) is 3.03. The number of carbonyl (C=O) groups excluding carboxylic acids is 1. The average Bonchev–Trinajstić information content (AvgIpc) is 2.14. The molecule has 1 saturated heterocycles. The highest BCUT2D eigenvalue weighted by Gasteiger charge is 2.27. The molecule has 0 unspecified atom stereocenters. The van der Waals surface area contributed by atoms with E-state index in [1.807, 2.05) is 13.8 Å². The molecule has 0 aromatic rings. The van der Waals surface area contributed by atoms with Gasteiger partial charge in [-0.1, -0.05) is 13.8 Å². The zero-order chi connectivity index (χ0) is 6.85. The summed E-state index contributed by atoms with van der Waals surface area (Å²) in [5.41, 5.74) is 0. The Morgan fingerprint density at radius 2 is 2.33 bits per heavy atom. The van der Waals surface area contributed by atoms with Crippen LogP contribution in [0.1, 0.15) is 13.8 Å². The largest absolute Gasteiger partial charge is 0.508 e. The Hall–Kier alpha value is -0.730. The fourth-order valence-electron chi connectivity index (χ4n) is 0.670. The predicted molar refractivity (Wildman–Crippen MR) is 31.1 cm³/mol. The summed E-state index contributed by atoms with van der Waals surface area (Å²) < 4.78 is 9.33. The smallest absolute Gasteiger partial charge is 0.430 e. The molecule has 0 spiro atoms. The lowest BCUT2D eigenvalue weighted by Crippen LogP contribution is -2.16. The molecule has 3 heteroatoms. The summed E-state index contributed by atoms with van der Waals surface area (Å²) in [6.07, 6.45) is -0.564. The van der Waals surface area contributed by atoms with E-state index in [4.69, 9.17) is 4.74 Å². The van der Waals surface area contributed by atoms with Gasteiger partial charge in [0, 0.05) is 0 Å². The van der Waals surface area contributed by atoms with Crippen LogP contribution in [0.2, 0.25) is 0 Å². The Morgan fingerprint density at radius 1 is 1.67 bits per heavy atom. The second kappa shape index (κ2) is 2.25. The highest BCUT2D eigenvalue weighted by molar-refractivity contribution is 5.61. The molecule has 0 radical (unpaired) electrons. The maximum atomic E-state index is 10.3. The van der Waals surface area contributed by atoms with Gasteiger partial charge in [0.1, 0.15) is 12.7 Å². The third-order valence-corrected chi connectivity index (χ3v) is 1.36. The van der Waals surface area contributed by atoms with Crippen molar-refractivity contribution in [3.63, 3.8) is 0 Å². The Labute approximate surface area is 53.9 Å². The zero-order valence-corrected chi connectivity index (χ0v) is 5.59. The molecule has 0 aromatic heterocycles. The molecule has 0 aliphatic carbocycles. The van der Waals surface area contributed by atoms with Gasteiger partial charge in [-0.3, -0.25) is 0 Å². The SMILES string of the molecule is CC(C)[C@@H]1COC(=O)O1. The van der Waals surface area contributed by atoms with Gasteiger partial charge in [0.15, 0.2) is 0 Å². The molecule has 52 valence electrons. The van der Waals surface area contributed by atoms with Crippen molar-refractivity contribution in [1.82, 2.24) is 0 Å². The van der Waals surface area contributed by atoms with Crippen molar-refractivity contribution in [1.29, 1.82) is 0 Å². The Balaban J connectivity index is 2.39. The van der Waals surface area contributed by atoms with Gasteiger partial charge in [0.05, 0.1) is 0 Å². The second-order valence-electron chi connectivity index (χ2n) is 2.46. The number of hydrogen-bond donors (Lipinski definition) is 0. The number of ether oxygens (including phenoxy) is 2. The van der Waals surface area contributed by atoms with Crippen LogP contribution in [0.3, 0.4) is 0 Å². The molecule has 1 aliphatic rings. The van der Waals surface area contributed by atoms with Crippen LogP contribution in [0.4, 0.5) is 4.79 Å². The van der Waals surface area contributed by atoms with Gasteiger partial charge in [-0.25, -0.2) is 4.79 Å². The van der Waals surface area contributed by atoms with Crippen LogP contribution in [0.25, 0.3) is 0 Å². The monoisotopic (exact) mass is 130 g/mol. The van der Waals surface area contributed by atoms with Gasteiger partial charge in [0.25, 0.3) is 0 Å². The number of cyclic esters (lactones) is 2. The maximum absolute atomic E-state index is 10.3. The van der Waals surface area contributed by atoms with Gasteiger partial charge in [-0.05, 0) is 5.92 Å². The minimum atomic E-state index is -0.534. The molecule has 0 aromatic carbocycles. The van der Waals surface area contributed by atoms with Crippen LogP contribution in [-0.4, -0.2) is 18.9 Å². The topological polar surface area (TPSA) is 35.5 Å². The van der Waals surface area contributed by atoms with Crippen molar-refractivity contribution >= 4 is 6.16 Å². The molecule has 0 amide bonds. The minimum Gasteiger partial charge on any atom is -0.430 e. The summed E-state index contributed by atoms with van der Waals surface area (Å²) in [5.74, 6) is 0.358. The van der Waals surface area contributed by atoms with E-state index in [9.17, 15) is 4.79 Å². The van der Waals surface area contributed by atoms with Crippen molar-refractivity contribution in [2.24, 2.45) is 5.92 Å². The van der Waals surface area contributed by atoms with Crippen molar-refractivity contribution < 1.29 is 14.3 Å². The highest BCUT2D eigenvalue weighted by atomic mass is 16.8. The minimum absolute atomic E-state index is 0.0301. The van der Waals surface area contributed by atoms with Crippen LogP contribution in [0.5, 0.6) is 0 Å². The zero-order valence-electron chi connectivity index (χ0n) is 5.59. The van der Waals surface area contributed by atoms with E-state index in [0.717, 1.165) is 0 Å². The van der Waals surface area contributed by atoms with Crippen molar-refractivity contribution in [2.75, 3.05) is 6.61 Å². The molecule has 1 rings (SSSR count). The summed E-state index contributed by atoms with van der Waals surface area (Å²) in [4.78, 5) is 10.3. The molecule has 1 aliphatic heterocycles.